The molecule has 1 N–H and O–H groups in total. The lowest BCUT2D eigenvalue weighted by atomic mass is 9.71. The summed E-state index contributed by atoms with van der Waals surface area (Å²) in [7, 11) is 0. The summed E-state index contributed by atoms with van der Waals surface area (Å²) < 4.78 is 1.30. The van der Waals surface area contributed by atoms with Gasteiger partial charge in [0.05, 0.1) is 0 Å². The van der Waals surface area contributed by atoms with Crippen LogP contribution in [0, 0.1) is 11.8 Å². The zero-order valence-electron chi connectivity index (χ0n) is 12.3. The number of hydrogen-bond donors (Lipinski definition) is 1. The quantitative estimate of drug-likeness (QED) is 0.740. The normalized spacial score (nSPS) is 29.1. The SMILES string of the molecule is Brc1ccccc1C1CNCCC1C1CCCCCC1. The molecule has 1 aromatic rings. The molecule has 0 spiro atoms. The first-order chi connectivity index (χ1) is 9.86. The minimum absolute atomic E-state index is 0.697. The van der Waals surface area contributed by atoms with E-state index in [4.69, 9.17) is 0 Å². The van der Waals surface area contributed by atoms with Crippen LogP contribution in [0.25, 0.3) is 0 Å². The van der Waals surface area contributed by atoms with E-state index in [1.807, 2.05) is 0 Å². The van der Waals surface area contributed by atoms with Crippen LogP contribution in [0.3, 0.4) is 0 Å². The highest BCUT2D eigenvalue weighted by Gasteiger charge is 2.33. The molecule has 1 nitrogen and oxygen atoms in total. The Morgan fingerprint density at radius 1 is 0.950 bits per heavy atom. The zero-order chi connectivity index (χ0) is 13.8. The minimum atomic E-state index is 0.697. The molecule has 2 aliphatic rings. The molecule has 1 aromatic carbocycles. The fourth-order valence-corrected chi connectivity index (χ4v) is 4.88. The van der Waals surface area contributed by atoms with E-state index in [2.05, 4.69) is 45.5 Å². The molecular formula is C18H26BrN. The number of rotatable bonds is 2. The predicted octanol–water partition coefficient (Wildman–Crippen LogP) is 5.11. The van der Waals surface area contributed by atoms with Gasteiger partial charge < -0.3 is 5.32 Å². The van der Waals surface area contributed by atoms with Crippen molar-refractivity contribution in [3.05, 3.63) is 34.3 Å². The molecule has 1 saturated carbocycles. The van der Waals surface area contributed by atoms with Crippen molar-refractivity contribution >= 4 is 15.9 Å². The second-order valence-corrected chi connectivity index (χ2v) is 7.39. The van der Waals surface area contributed by atoms with Gasteiger partial charge in [-0.05, 0) is 36.4 Å². The highest BCUT2D eigenvalue weighted by Crippen LogP contribution is 2.42. The van der Waals surface area contributed by atoms with Crippen LogP contribution >= 0.6 is 15.9 Å². The largest absolute Gasteiger partial charge is 0.316 e. The van der Waals surface area contributed by atoms with Gasteiger partial charge in [0, 0.05) is 16.9 Å². The van der Waals surface area contributed by atoms with E-state index >= 15 is 0 Å². The summed E-state index contributed by atoms with van der Waals surface area (Å²) in [6, 6.07) is 8.85. The Balaban J connectivity index is 1.81. The van der Waals surface area contributed by atoms with Gasteiger partial charge in [-0.3, -0.25) is 0 Å². The molecular weight excluding hydrogens is 310 g/mol. The van der Waals surface area contributed by atoms with Crippen molar-refractivity contribution in [2.75, 3.05) is 13.1 Å². The maximum atomic E-state index is 3.77. The molecule has 2 fully saturated rings. The van der Waals surface area contributed by atoms with Crippen LogP contribution in [0.4, 0.5) is 0 Å². The Labute approximate surface area is 131 Å². The van der Waals surface area contributed by atoms with Crippen LogP contribution in [0.5, 0.6) is 0 Å². The number of benzene rings is 1. The van der Waals surface area contributed by atoms with Crippen LogP contribution in [0.15, 0.2) is 28.7 Å². The maximum absolute atomic E-state index is 3.77. The molecule has 0 amide bonds. The van der Waals surface area contributed by atoms with Crippen LogP contribution in [-0.4, -0.2) is 13.1 Å². The molecule has 1 aliphatic carbocycles. The first kappa shape index (κ1) is 14.6. The molecule has 110 valence electrons. The number of nitrogens with one attached hydrogen (secondary N) is 1. The molecule has 2 heteroatoms. The van der Waals surface area contributed by atoms with Crippen molar-refractivity contribution in [3.8, 4) is 0 Å². The highest BCUT2D eigenvalue weighted by atomic mass is 79.9. The number of piperidine rings is 1. The molecule has 0 aromatic heterocycles. The van der Waals surface area contributed by atoms with Gasteiger partial charge in [0.2, 0.25) is 0 Å². The highest BCUT2D eigenvalue weighted by molar-refractivity contribution is 9.10. The first-order valence-electron chi connectivity index (χ1n) is 8.31. The van der Waals surface area contributed by atoms with Crippen molar-refractivity contribution in [2.24, 2.45) is 11.8 Å². The molecule has 1 aliphatic heterocycles. The standard InChI is InChI=1S/C18H26BrN/c19-18-10-6-5-9-16(18)17-13-20-12-11-15(17)14-7-3-1-2-4-8-14/h5-6,9-10,14-15,17,20H,1-4,7-8,11-13H2. The van der Waals surface area contributed by atoms with E-state index in [1.165, 1.54) is 61.5 Å². The van der Waals surface area contributed by atoms with Gasteiger partial charge in [0.25, 0.3) is 0 Å². The van der Waals surface area contributed by atoms with Crippen LogP contribution < -0.4 is 5.32 Å². The molecule has 20 heavy (non-hydrogen) atoms. The lowest BCUT2D eigenvalue weighted by Crippen LogP contribution is -2.38. The molecule has 1 saturated heterocycles. The summed E-state index contributed by atoms with van der Waals surface area (Å²) in [6.45, 7) is 2.37. The van der Waals surface area contributed by atoms with Gasteiger partial charge in [0.1, 0.15) is 0 Å². The smallest absolute Gasteiger partial charge is 0.0210 e. The van der Waals surface area contributed by atoms with E-state index in [1.54, 1.807) is 0 Å². The molecule has 2 atom stereocenters. The Morgan fingerprint density at radius 3 is 2.45 bits per heavy atom. The lowest BCUT2D eigenvalue weighted by molar-refractivity contribution is 0.205. The third kappa shape index (κ3) is 3.28. The molecule has 3 rings (SSSR count). The van der Waals surface area contributed by atoms with Crippen LogP contribution in [0.1, 0.15) is 56.4 Å². The fourth-order valence-electron chi connectivity index (χ4n) is 4.30. The minimum Gasteiger partial charge on any atom is -0.316 e. The number of hydrogen-bond acceptors (Lipinski definition) is 1. The third-order valence-electron chi connectivity index (χ3n) is 5.35. The topological polar surface area (TPSA) is 12.0 Å². The van der Waals surface area contributed by atoms with Gasteiger partial charge >= 0.3 is 0 Å². The van der Waals surface area contributed by atoms with Crippen molar-refractivity contribution in [2.45, 2.75) is 50.9 Å². The van der Waals surface area contributed by atoms with Crippen LogP contribution in [0.2, 0.25) is 0 Å². The second-order valence-electron chi connectivity index (χ2n) is 6.54. The summed E-state index contributed by atoms with van der Waals surface area (Å²) in [4.78, 5) is 0. The van der Waals surface area contributed by atoms with Crippen molar-refractivity contribution in [1.82, 2.24) is 5.32 Å². The zero-order valence-corrected chi connectivity index (χ0v) is 13.9. The van der Waals surface area contributed by atoms with E-state index in [-0.39, 0.29) is 0 Å². The van der Waals surface area contributed by atoms with E-state index in [0.29, 0.717) is 5.92 Å². The fraction of sp³-hybridized carbons (Fsp3) is 0.667. The summed E-state index contributed by atoms with van der Waals surface area (Å²) in [6.07, 6.45) is 10.1. The monoisotopic (exact) mass is 335 g/mol. The van der Waals surface area contributed by atoms with Gasteiger partial charge in [-0.2, -0.15) is 0 Å². The average molecular weight is 336 g/mol. The van der Waals surface area contributed by atoms with Gasteiger partial charge in [-0.15, -0.1) is 0 Å². The predicted molar refractivity (Wildman–Crippen MR) is 89.1 cm³/mol. The Hall–Kier alpha value is -0.340. The second kappa shape index (κ2) is 7.09. The Kier molecular flexibility index (Phi) is 5.17. The number of halogens is 1. The Morgan fingerprint density at radius 2 is 1.70 bits per heavy atom. The van der Waals surface area contributed by atoms with Gasteiger partial charge in [-0.1, -0.05) is 72.7 Å². The van der Waals surface area contributed by atoms with Crippen molar-refractivity contribution < 1.29 is 0 Å². The summed E-state index contributed by atoms with van der Waals surface area (Å²) in [5.74, 6) is 2.53. The van der Waals surface area contributed by atoms with Crippen molar-refractivity contribution in [3.63, 3.8) is 0 Å². The van der Waals surface area contributed by atoms with E-state index in [0.717, 1.165) is 18.4 Å². The Bertz CT molecular complexity index is 423. The van der Waals surface area contributed by atoms with Gasteiger partial charge in [-0.25, -0.2) is 0 Å². The van der Waals surface area contributed by atoms with Gasteiger partial charge in [0.15, 0.2) is 0 Å². The van der Waals surface area contributed by atoms with Crippen LogP contribution in [-0.2, 0) is 0 Å². The maximum Gasteiger partial charge on any atom is 0.0210 e. The summed E-state index contributed by atoms with van der Waals surface area (Å²) in [5, 5.41) is 3.62. The molecule has 0 bridgehead atoms. The summed E-state index contributed by atoms with van der Waals surface area (Å²) >= 11 is 3.77. The van der Waals surface area contributed by atoms with E-state index in [9.17, 15) is 0 Å². The van der Waals surface area contributed by atoms with E-state index < -0.39 is 0 Å². The lowest BCUT2D eigenvalue weighted by Gasteiger charge is -2.38. The molecule has 2 unspecified atom stereocenters. The molecule has 0 radical (unpaired) electrons. The third-order valence-corrected chi connectivity index (χ3v) is 6.07. The average Bonchev–Trinajstić information content (AvgIpc) is 2.77. The van der Waals surface area contributed by atoms with Crippen molar-refractivity contribution in [1.29, 1.82) is 0 Å². The molecule has 1 heterocycles. The first-order valence-corrected chi connectivity index (χ1v) is 9.10. The summed E-state index contributed by atoms with van der Waals surface area (Å²) in [5.41, 5.74) is 1.52.